The summed E-state index contributed by atoms with van der Waals surface area (Å²) in [5.74, 6) is -0.540. The van der Waals surface area contributed by atoms with E-state index in [2.05, 4.69) is 36.6 Å². The minimum absolute atomic E-state index is 0.192. The smallest absolute Gasteiger partial charge is 0.322 e. The molecule has 0 amide bonds. The Morgan fingerprint density at radius 3 is 2.57 bits per heavy atom. The highest BCUT2D eigenvalue weighted by molar-refractivity contribution is 9.13. The van der Waals surface area contributed by atoms with Crippen molar-refractivity contribution in [1.82, 2.24) is 0 Å². The van der Waals surface area contributed by atoms with E-state index in [1.807, 2.05) is 12.1 Å². The van der Waals surface area contributed by atoms with E-state index in [1.54, 1.807) is 0 Å². The number of carbonyl (C=O) groups is 1. The zero-order valence-corrected chi connectivity index (χ0v) is 10.6. The number of ether oxygens (including phenoxy) is 1. The molecule has 0 N–H and O–H groups in total. The fourth-order valence-corrected chi connectivity index (χ4v) is 1.67. The largest absolute Gasteiger partial charge is 0.468 e. The van der Waals surface area contributed by atoms with Crippen molar-refractivity contribution in [2.24, 2.45) is 0 Å². The number of hydrogen-bond acceptors (Lipinski definition) is 4. The molecule has 0 bridgehead atoms. The zero-order chi connectivity index (χ0) is 11.2. The van der Waals surface area contributed by atoms with E-state index in [9.17, 15) is 4.79 Å². The topological polar surface area (TPSA) is 73.9 Å². The van der Waals surface area contributed by atoms with Crippen molar-refractivity contribution in [3.8, 4) is 12.1 Å². The molecule has 0 spiro atoms. The summed E-state index contributed by atoms with van der Waals surface area (Å²) in [6.07, 6.45) is 0.447. The van der Waals surface area contributed by atoms with Crippen LogP contribution in [0.15, 0.2) is 0 Å². The minimum atomic E-state index is -1.09. The van der Waals surface area contributed by atoms with Crippen LogP contribution >= 0.6 is 31.9 Å². The van der Waals surface area contributed by atoms with Crippen molar-refractivity contribution in [2.75, 3.05) is 7.11 Å². The van der Waals surface area contributed by atoms with Crippen molar-refractivity contribution in [1.29, 1.82) is 10.5 Å². The van der Waals surface area contributed by atoms with Gasteiger partial charge in [-0.2, -0.15) is 10.5 Å². The van der Waals surface area contributed by atoms with E-state index < -0.39 is 15.1 Å². The average Bonchev–Trinajstić information content (AvgIpc) is 2.23. The lowest BCUT2D eigenvalue weighted by atomic mass is 10.0. The zero-order valence-electron chi connectivity index (χ0n) is 7.46. The molecule has 2 unspecified atom stereocenters. The van der Waals surface area contributed by atoms with Gasteiger partial charge in [0.1, 0.15) is 9.15 Å². The Hall–Kier alpha value is -0.590. The van der Waals surface area contributed by atoms with Crippen LogP contribution in [0.3, 0.4) is 0 Å². The molecule has 76 valence electrons. The van der Waals surface area contributed by atoms with E-state index in [-0.39, 0.29) is 12.8 Å². The summed E-state index contributed by atoms with van der Waals surface area (Å²) in [5, 5.41) is 17.3. The molecule has 2 atom stereocenters. The highest BCUT2D eigenvalue weighted by Crippen LogP contribution is 2.33. The molecule has 0 aliphatic rings. The molecule has 0 aromatic rings. The molecule has 6 heteroatoms. The third kappa shape index (κ3) is 3.28. The number of rotatable bonds is 4. The van der Waals surface area contributed by atoms with Gasteiger partial charge in [0.25, 0.3) is 0 Å². The summed E-state index contributed by atoms with van der Waals surface area (Å²) in [5.41, 5.74) is 0. The van der Waals surface area contributed by atoms with Gasteiger partial charge >= 0.3 is 5.97 Å². The van der Waals surface area contributed by atoms with Gasteiger partial charge in [-0.15, -0.1) is 0 Å². The first-order chi connectivity index (χ1) is 6.51. The highest BCUT2D eigenvalue weighted by Gasteiger charge is 2.40. The molecular formula is C8H8Br2N2O2. The molecular weight excluding hydrogens is 316 g/mol. The second-order valence-corrected chi connectivity index (χ2v) is 4.85. The van der Waals surface area contributed by atoms with Crippen LogP contribution in [0.25, 0.3) is 0 Å². The van der Waals surface area contributed by atoms with Gasteiger partial charge in [-0.05, 0) is 6.42 Å². The van der Waals surface area contributed by atoms with Crippen molar-refractivity contribution >= 4 is 37.8 Å². The van der Waals surface area contributed by atoms with Gasteiger partial charge in [-0.25, -0.2) is 0 Å². The fraction of sp³-hybridized carbons (Fsp3) is 0.625. The third-order valence-corrected chi connectivity index (χ3v) is 4.40. The van der Waals surface area contributed by atoms with Crippen molar-refractivity contribution in [2.45, 2.75) is 22.0 Å². The van der Waals surface area contributed by atoms with Crippen molar-refractivity contribution in [3.05, 3.63) is 0 Å². The van der Waals surface area contributed by atoms with Crippen molar-refractivity contribution < 1.29 is 9.53 Å². The Balaban J connectivity index is 4.62. The van der Waals surface area contributed by atoms with Crippen LogP contribution in [0.4, 0.5) is 0 Å². The fourth-order valence-electron chi connectivity index (χ4n) is 0.767. The van der Waals surface area contributed by atoms with E-state index in [0.717, 1.165) is 0 Å². The Kier molecular flexibility index (Phi) is 5.75. The lowest BCUT2D eigenvalue weighted by molar-refractivity contribution is -0.140. The molecule has 0 fully saturated rings. The number of halogens is 2. The SMILES string of the molecule is COC(=O)C(Br)C(Br)(C#N)CCC#N. The number of hydrogen-bond donors (Lipinski definition) is 0. The van der Waals surface area contributed by atoms with E-state index in [4.69, 9.17) is 10.5 Å². The molecule has 4 nitrogen and oxygen atoms in total. The van der Waals surface area contributed by atoms with Crippen LogP contribution in [0.5, 0.6) is 0 Å². The van der Waals surface area contributed by atoms with Crippen LogP contribution in [-0.2, 0) is 9.53 Å². The predicted molar refractivity (Wildman–Crippen MR) is 56.8 cm³/mol. The van der Waals surface area contributed by atoms with Crippen LogP contribution < -0.4 is 0 Å². The van der Waals surface area contributed by atoms with E-state index >= 15 is 0 Å². The summed E-state index contributed by atoms with van der Waals surface area (Å²) >= 11 is 6.20. The first-order valence-corrected chi connectivity index (χ1v) is 5.41. The summed E-state index contributed by atoms with van der Waals surface area (Å²) < 4.78 is 3.40. The Morgan fingerprint density at radius 2 is 2.21 bits per heavy atom. The van der Waals surface area contributed by atoms with Gasteiger partial charge < -0.3 is 4.74 Å². The summed E-state index contributed by atoms with van der Waals surface area (Å²) in [7, 11) is 1.24. The van der Waals surface area contributed by atoms with Gasteiger partial charge in [0.05, 0.1) is 19.2 Å². The molecule has 0 aliphatic heterocycles. The molecule has 0 aromatic carbocycles. The Labute approximate surface area is 99.1 Å². The lowest BCUT2D eigenvalue weighted by Gasteiger charge is -2.22. The summed E-state index contributed by atoms with van der Waals surface area (Å²) in [4.78, 5) is 10.4. The first-order valence-electron chi connectivity index (χ1n) is 3.71. The molecule has 0 rings (SSSR count). The standard InChI is InChI=1S/C8H8Br2N2O2/c1-14-7(13)6(9)8(10,5-12)3-2-4-11/h6H,2-3H2,1H3. The van der Waals surface area contributed by atoms with Gasteiger partial charge in [0.15, 0.2) is 0 Å². The van der Waals surface area contributed by atoms with E-state index in [1.165, 1.54) is 7.11 Å². The van der Waals surface area contributed by atoms with Gasteiger partial charge in [0.2, 0.25) is 0 Å². The first kappa shape index (κ1) is 13.4. The number of esters is 1. The number of nitrogens with zero attached hydrogens (tertiary/aromatic N) is 2. The van der Waals surface area contributed by atoms with Crippen LogP contribution in [0.2, 0.25) is 0 Å². The predicted octanol–water partition coefficient (Wildman–Crippen LogP) is 1.88. The van der Waals surface area contributed by atoms with Crippen LogP contribution in [0, 0.1) is 22.7 Å². The van der Waals surface area contributed by atoms with Gasteiger partial charge in [-0.3, -0.25) is 4.79 Å². The minimum Gasteiger partial charge on any atom is -0.468 e. The third-order valence-electron chi connectivity index (χ3n) is 1.60. The van der Waals surface area contributed by atoms with E-state index in [0.29, 0.717) is 0 Å². The van der Waals surface area contributed by atoms with Crippen molar-refractivity contribution in [3.63, 3.8) is 0 Å². The molecule has 14 heavy (non-hydrogen) atoms. The monoisotopic (exact) mass is 322 g/mol. The average molecular weight is 324 g/mol. The van der Waals surface area contributed by atoms with Crippen LogP contribution in [0.1, 0.15) is 12.8 Å². The molecule has 0 radical (unpaired) electrons. The number of methoxy groups -OCH3 is 1. The second kappa shape index (κ2) is 6.00. The molecule has 0 heterocycles. The molecule has 0 aromatic heterocycles. The number of nitriles is 2. The quantitative estimate of drug-likeness (QED) is 0.585. The summed E-state index contributed by atoms with van der Waals surface area (Å²) in [6, 6.07) is 3.86. The van der Waals surface area contributed by atoms with Crippen LogP contribution in [-0.4, -0.2) is 22.2 Å². The maximum absolute atomic E-state index is 11.1. The molecule has 0 saturated carbocycles. The maximum atomic E-state index is 11.1. The maximum Gasteiger partial charge on any atom is 0.322 e. The van der Waals surface area contributed by atoms with Gasteiger partial charge in [-0.1, -0.05) is 31.9 Å². The number of alkyl halides is 2. The Bertz CT molecular complexity index is 295. The summed E-state index contributed by atoms with van der Waals surface area (Å²) in [6.45, 7) is 0. The normalized spacial score (nSPS) is 15.8. The molecule has 0 saturated heterocycles. The second-order valence-electron chi connectivity index (χ2n) is 2.52. The Morgan fingerprint density at radius 1 is 1.64 bits per heavy atom. The van der Waals surface area contributed by atoms with Gasteiger partial charge in [0, 0.05) is 6.42 Å². The molecule has 0 aliphatic carbocycles. The lowest BCUT2D eigenvalue weighted by Crippen LogP contribution is -2.37. The number of carbonyl (C=O) groups excluding carboxylic acids is 1. The highest BCUT2D eigenvalue weighted by atomic mass is 79.9.